The zero-order chi connectivity index (χ0) is 25.2. The Morgan fingerprint density at radius 3 is 2.54 bits per heavy atom. The summed E-state index contributed by atoms with van der Waals surface area (Å²) in [5.41, 5.74) is 2.54. The molecule has 0 aliphatic carbocycles. The predicted octanol–water partition coefficient (Wildman–Crippen LogP) is 4.00. The largest absolute Gasteiger partial charge is 0.331 e. The first-order chi connectivity index (χ1) is 16.7. The van der Waals surface area contributed by atoms with E-state index < -0.39 is 10.0 Å². The third-order valence-electron chi connectivity index (χ3n) is 5.69. The van der Waals surface area contributed by atoms with E-state index >= 15 is 0 Å². The number of amides is 1. The molecule has 0 fully saturated rings. The molecule has 0 aliphatic rings. The van der Waals surface area contributed by atoms with Crippen molar-refractivity contribution in [1.82, 2.24) is 14.9 Å². The van der Waals surface area contributed by atoms with Gasteiger partial charge in [0.1, 0.15) is 5.82 Å². The number of hydrogen-bond donors (Lipinski definition) is 2. The lowest BCUT2D eigenvalue weighted by molar-refractivity contribution is 0.0747. The third-order valence-corrected chi connectivity index (χ3v) is 7.07. The zero-order valence-corrected chi connectivity index (χ0v) is 20.5. The van der Waals surface area contributed by atoms with Crippen LogP contribution in [0.2, 0.25) is 0 Å². The van der Waals surface area contributed by atoms with Crippen LogP contribution in [-0.4, -0.2) is 35.7 Å². The first kappa shape index (κ1) is 24.2. The Bertz CT molecular complexity index is 1580. The second kappa shape index (κ2) is 9.71. The van der Waals surface area contributed by atoms with E-state index in [4.69, 9.17) is 0 Å². The number of aromatic nitrogens is 2. The highest BCUT2D eigenvalue weighted by Gasteiger charge is 2.22. The first-order valence-corrected chi connectivity index (χ1v) is 12.6. The van der Waals surface area contributed by atoms with Crippen LogP contribution in [0.5, 0.6) is 0 Å². The highest BCUT2D eigenvalue weighted by molar-refractivity contribution is 7.92. The van der Waals surface area contributed by atoms with E-state index in [-0.39, 0.29) is 28.5 Å². The normalized spacial score (nSPS) is 11.4. The summed E-state index contributed by atoms with van der Waals surface area (Å²) in [5, 5.41) is 0.473. The molecule has 0 spiro atoms. The molecule has 1 amide bonds. The zero-order valence-electron chi connectivity index (χ0n) is 19.7. The van der Waals surface area contributed by atoms with Crippen molar-refractivity contribution in [3.05, 3.63) is 99.6 Å². The minimum absolute atomic E-state index is 0.0127. The van der Waals surface area contributed by atoms with Crippen molar-refractivity contribution in [2.75, 3.05) is 11.3 Å². The van der Waals surface area contributed by atoms with E-state index in [9.17, 15) is 18.0 Å². The SMILES string of the molecule is CCN(Cc1nc2ccccc2c(=O)[nH]1)C(=O)c1cc(S(=O)(=O)Nc2cccc(C)c2)ccc1C. The monoisotopic (exact) mass is 490 g/mol. The molecule has 0 saturated heterocycles. The summed E-state index contributed by atoms with van der Waals surface area (Å²) in [7, 11) is -3.90. The lowest BCUT2D eigenvalue weighted by Crippen LogP contribution is -2.32. The van der Waals surface area contributed by atoms with Gasteiger partial charge < -0.3 is 9.88 Å². The van der Waals surface area contributed by atoms with Crippen molar-refractivity contribution < 1.29 is 13.2 Å². The van der Waals surface area contributed by atoms with Crippen LogP contribution in [0, 0.1) is 13.8 Å². The van der Waals surface area contributed by atoms with Crippen molar-refractivity contribution in [1.29, 1.82) is 0 Å². The summed E-state index contributed by atoms with van der Waals surface area (Å²) < 4.78 is 28.6. The number of carbonyl (C=O) groups excluding carboxylic acids is 1. The molecule has 3 aromatic carbocycles. The van der Waals surface area contributed by atoms with Crippen molar-refractivity contribution in [2.24, 2.45) is 0 Å². The van der Waals surface area contributed by atoms with Gasteiger partial charge in [-0.3, -0.25) is 14.3 Å². The lowest BCUT2D eigenvalue weighted by Gasteiger charge is -2.22. The number of nitrogens with zero attached hydrogens (tertiary/aromatic N) is 2. The Labute approximate surface area is 203 Å². The molecule has 4 rings (SSSR count). The van der Waals surface area contributed by atoms with E-state index in [1.54, 1.807) is 55.5 Å². The summed E-state index contributed by atoms with van der Waals surface area (Å²) in [4.78, 5) is 34.6. The second-order valence-electron chi connectivity index (χ2n) is 8.30. The fourth-order valence-corrected chi connectivity index (χ4v) is 4.88. The number of nitrogens with one attached hydrogen (secondary N) is 2. The molecular weight excluding hydrogens is 464 g/mol. The summed E-state index contributed by atoms with van der Waals surface area (Å²) in [6.45, 7) is 5.85. The van der Waals surface area contributed by atoms with E-state index in [1.165, 1.54) is 17.0 Å². The third kappa shape index (κ3) is 5.25. The van der Waals surface area contributed by atoms with Gasteiger partial charge in [-0.1, -0.05) is 30.3 Å². The van der Waals surface area contributed by atoms with Crippen molar-refractivity contribution >= 4 is 32.5 Å². The van der Waals surface area contributed by atoms with Crippen LogP contribution in [0.15, 0.2) is 76.4 Å². The Morgan fingerprint density at radius 2 is 1.80 bits per heavy atom. The number of benzene rings is 3. The highest BCUT2D eigenvalue weighted by Crippen LogP contribution is 2.21. The molecule has 8 nitrogen and oxygen atoms in total. The smallest absolute Gasteiger partial charge is 0.261 e. The number of rotatable bonds is 7. The van der Waals surface area contributed by atoms with Gasteiger partial charge in [0.05, 0.1) is 22.3 Å². The number of hydrogen-bond acceptors (Lipinski definition) is 5. The summed E-state index contributed by atoms with van der Waals surface area (Å²) in [6.07, 6.45) is 0. The van der Waals surface area contributed by atoms with Crippen molar-refractivity contribution in [3.8, 4) is 0 Å². The van der Waals surface area contributed by atoms with Gasteiger partial charge in [0.15, 0.2) is 0 Å². The summed E-state index contributed by atoms with van der Waals surface area (Å²) in [6, 6.07) is 18.5. The molecule has 1 aromatic heterocycles. The Morgan fingerprint density at radius 1 is 1.03 bits per heavy atom. The van der Waals surface area contributed by atoms with E-state index in [2.05, 4.69) is 14.7 Å². The second-order valence-corrected chi connectivity index (χ2v) is 9.98. The number of fused-ring (bicyclic) bond motifs is 1. The topological polar surface area (TPSA) is 112 Å². The van der Waals surface area contributed by atoms with Crippen LogP contribution >= 0.6 is 0 Å². The molecule has 0 saturated carbocycles. The Kier molecular flexibility index (Phi) is 6.70. The van der Waals surface area contributed by atoms with Crippen molar-refractivity contribution in [2.45, 2.75) is 32.2 Å². The maximum atomic E-state index is 13.4. The van der Waals surface area contributed by atoms with E-state index in [1.807, 2.05) is 19.9 Å². The Balaban J connectivity index is 1.63. The van der Waals surface area contributed by atoms with E-state index in [0.717, 1.165) is 5.56 Å². The molecule has 35 heavy (non-hydrogen) atoms. The maximum absolute atomic E-state index is 13.4. The Hall–Kier alpha value is -3.98. The predicted molar refractivity (Wildman–Crippen MR) is 136 cm³/mol. The van der Waals surface area contributed by atoms with Gasteiger partial charge in [0, 0.05) is 17.8 Å². The molecule has 0 unspecified atom stereocenters. The van der Waals surface area contributed by atoms with Gasteiger partial charge in [0.25, 0.3) is 21.5 Å². The van der Waals surface area contributed by atoms with Gasteiger partial charge in [-0.05, 0) is 68.3 Å². The maximum Gasteiger partial charge on any atom is 0.261 e. The number of aryl methyl sites for hydroxylation is 2. The summed E-state index contributed by atoms with van der Waals surface area (Å²) >= 11 is 0. The molecule has 1 heterocycles. The number of aromatic amines is 1. The summed E-state index contributed by atoms with van der Waals surface area (Å²) in [5.74, 6) is -0.000133. The van der Waals surface area contributed by atoms with Crippen molar-refractivity contribution in [3.63, 3.8) is 0 Å². The highest BCUT2D eigenvalue weighted by atomic mass is 32.2. The number of anilines is 1. The van der Waals surface area contributed by atoms with Gasteiger partial charge in [-0.15, -0.1) is 0 Å². The molecule has 180 valence electrons. The average molecular weight is 491 g/mol. The fraction of sp³-hybridized carbons (Fsp3) is 0.192. The molecule has 2 N–H and O–H groups in total. The molecule has 0 aliphatic heterocycles. The fourth-order valence-electron chi connectivity index (χ4n) is 3.81. The number of para-hydroxylation sites is 1. The van der Waals surface area contributed by atoms with Gasteiger partial charge in [-0.2, -0.15) is 0 Å². The van der Waals surface area contributed by atoms with Gasteiger partial charge >= 0.3 is 0 Å². The minimum atomic E-state index is -3.90. The van der Waals surface area contributed by atoms with Crippen LogP contribution in [0.4, 0.5) is 5.69 Å². The molecular formula is C26H26N4O4S. The number of sulfonamides is 1. The molecule has 4 aromatic rings. The first-order valence-electron chi connectivity index (χ1n) is 11.2. The lowest BCUT2D eigenvalue weighted by atomic mass is 10.1. The van der Waals surface area contributed by atoms with Crippen LogP contribution in [0.25, 0.3) is 10.9 Å². The standard InChI is InChI=1S/C26H26N4O4S/c1-4-30(16-24-27-23-11-6-5-10-21(23)25(31)28-24)26(32)22-15-20(13-12-18(22)3)35(33,34)29-19-9-7-8-17(2)14-19/h5-15,29H,4,16H2,1-3H3,(H,27,28,31). The molecule has 0 bridgehead atoms. The average Bonchev–Trinajstić information content (AvgIpc) is 2.82. The molecule has 0 radical (unpaired) electrons. The van der Waals surface area contributed by atoms with Crippen LogP contribution in [0.3, 0.4) is 0 Å². The van der Waals surface area contributed by atoms with Crippen LogP contribution in [0.1, 0.15) is 34.2 Å². The number of H-pyrrole nitrogens is 1. The van der Waals surface area contributed by atoms with Crippen LogP contribution < -0.4 is 10.3 Å². The van der Waals surface area contributed by atoms with Crippen LogP contribution in [-0.2, 0) is 16.6 Å². The molecule has 9 heteroatoms. The molecule has 0 atom stereocenters. The van der Waals surface area contributed by atoms with Gasteiger partial charge in [0.2, 0.25) is 0 Å². The van der Waals surface area contributed by atoms with E-state index in [0.29, 0.717) is 34.5 Å². The number of carbonyl (C=O) groups is 1. The van der Waals surface area contributed by atoms with Gasteiger partial charge in [-0.25, -0.2) is 13.4 Å². The quantitative estimate of drug-likeness (QED) is 0.407. The minimum Gasteiger partial charge on any atom is -0.331 e.